The molecule has 0 saturated carbocycles. The van der Waals surface area contributed by atoms with Crippen molar-refractivity contribution in [2.45, 2.75) is 13.3 Å². The largest absolute Gasteiger partial charge is 0.361 e. The molecule has 3 aromatic rings. The van der Waals surface area contributed by atoms with Crippen LogP contribution in [0, 0.1) is 0 Å². The van der Waals surface area contributed by atoms with E-state index < -0.39 is 0 Å². The van der Waals surface area contributed by atoms with E-state index in [1.54, 1.807) is 12.4 Å². The van der Waals surface area contributed by atoms with Crippen LogP contribution in [-0.4, -0.2) is 21.0 Å². The number of aromatic amines is 1. The van der Waals surface area contributed by atoms with Crippen LogP contribution in [0.25, 0.3) is 10.9 Å². The number of urea groups is 1. The van der Waals surface area contributed by atoms with E-state index in [1.807, 2.05) is 37.4 Å². The summed E-state index contributed by atoms with van der Waals surface area (Å²) in [6.45, 7) is 1.98. The maximum absolute atomic E-state index is 12.0. The summed E-state index contributed by atoms with van der Waals surface area (Å²) in [6, 6.07) is 7.29. The maximum Gasteiger partial charge on any atom is 0.323 e. The number of anilines is 2. The fourth-order valence-corrected chi connectivity index (χ4v) is 2.08. The predicted octanol–water partition coefficient (Wildman–Crippen LogP) is 3.16. The Balaban J connectivity index is 1.72. The summed E-state index contributed by atoms with van der Waals surface area (Å²) < 4.78 is 0. The van der Waals surface area contributed by atoms with Crippen LogP contribution in [0.2, 0.25) is 0 Å². The molecule has 6 heteroatoms. The number of hydrogen-bond acceptors (Lipinski definition) is 3. The van der Waals surface area contributed by atoms with Crippen molar-refractivity contribution < 1.29 is 4.79 Å². The first-order chi connectivity index (χ1) is 10.3. The Labute approximate surface area is 121 Å². The highest BCUT2D eigenvalue weighted by Gasteiger charge is 2.07. The van der Waals surface area contributed by atoms with Crippen molar-refractivity contribution in [1.82, 2.24) is 15.0 Å². The van der Waals surface area contributed by atoms with Crippen molar-refractivity contribution in [3.05, 3.63) is 48.7 Å². The zero-order valence-corrected chi connectivity index (χ0v) is 11.6. The number of nitrogens with zero attached hydrogens (tertiary/aromatic N) is 2. The molecule has 6 nitrogen and oxygen atoms in total. The average Bonchev–Trinajstić information content (AvgIpc) is 2.97. The van der Waals surface area contributed by atoms with E-state index >= 15 is 0 Å². The normalized spacial score (nSPS) is 10.5. The van der Waals surface area contributed by atoms with Crippen LogP contribution in [-0.2, 0) is 6.42 Å². The van der Waals surface area contributed by atoms with Gasteiger partial charge in [-0.25, -0.2) is 14.8 Å². The van der Waals surface area contributed by atoms with Crippen LogP contribution in [0.5, 0.6) is 0 Å². The topological polar surface area (TPSA) is 82.7 Å². The molecule has 0 atom stereocenters. The molecule has 0 radical (unpaired) electrons. The monoisotopic (exact) mass is 281 g/mol. The minimum absolute atomic E-state index is 0.323. The van der Waals surface area contributed by atoms with Crippen LogP contribution in [0.1, 0.15) is 12.7 Å². The number of hydrogen-bond donors (Lipinski definition) is 3. The second kappa shape index (κ2) is 5.62. The molecule has 2 amide bonds. The zero-order valence-electron chi connectivity index (χ0n) is 11.6. The second-order valence-electron chi connectivity index (χ2n) is 4.57. The molecule has 0 saturated heterocycles. The van der Waals surface area contributed by atoms with E-state index in [4.69, 9.17) is 0 Å². The Morgan fingerprint density at radius 1 is 1.19 bits per heavy atom. The second-order valence-corrected chi connectivity index (χ2v) is 4.57. The van der Waals surface area contributed by atoms with Crippen LogP contribution in [0.4, 0.5) is 16.2 Å². The molecule has 0 fully saturated rings. The quantitative estimate of drug-likeness (QED) is 0.689. The van der Waals surface area contributed by atoms with Crippen molar-refractivity contribution in [3.8, 4) is 0 Å². The molecule has 21 heavy (non-hydrogen) atoms. The lowest BCUT2D eigenvalue weighted by atomic mass is 10.2. The van der Waals surface area contributed by atoms with Crippen molar-refractivity contribution in [1.29, 1.82) is 0 Å². The van der Waals surface area contributed by atoms with Gasteiger partial charge in [0.05, 0.1) is 23.8 Å². The zero-order chi connectivity index (χ0) is 14.7. The van der Waals surface area contributed by atoms with E-state index in [0.29, 0.717) is 5.69 Å². The smallest absolute Gasteiger partial charge is 0.323 e. The van der Waals surface area contributed by atoms with Crippen LogP contribution in [0.15, 0.2) is 42.9 Å². The van der Waals surface area contributed by atoms with Gasteiger partial charge in [-0.3, -0.25) is 0 Å². The molecule has 0 spiro atoms. The number of rotatable bonds is 3. The standard InChI is InChI=1S/C15H15N5O/c1-2-14-17-8-10(9-18-14)19-15(21)20-13-5-3-4-12-11(13)6-7-16-12/h3-9,16H,2H2,1H3,(H2,19,20,21). The molecule has 0 aliphatic carbocycles. The number of amides is 2. The predicted molar refractivity (Wildman–Crippen MR) is 82.4 cm³/mol. The molecule has 106 valence electrons. The van der Waals surface area contributed by atoms with Crippen LogP contribution >= 0.6 is 0 Å². The minimum atomic E-state index is -0.323. The molecular weight excluding hydrogens is 266 g/mol. The first-order valence-electron chi connectivity index (χ1n) is 6.71. The lowest BCUT2D eigenvalue weighted by Crippen LogP contribution is -2.19. The van der Waals surface area contributed by atoms with Crippen molar-refractivity contribution in [3.63, 3.8) is 0 Å². The van der Waals surface area contributed by atoms with Gasteiger partial charge in [0, 0.05) is 23.5 Å². The van der Waals surface area contributed by atoms with E-state index in [9.17, 15) is 4.79 Å². The number of carbonyl (C=O) groups excluding carboxylic acids is 1. The SMILES string of the molecule is CCc1ncc(NC(=O)Nc2cccc3[nH]ccc23)cn1. The molecule has 1 aromatic carbocycles. The Hall–Kier alpha value is -2.89. The molecule has 0 aliphatic heterocycles. The summed E-state index contributed by atoms with van der Waals surface area (Å²) in [5.74, 6) is 0.748. The number of benzene rings is 1. The first-order valence-corrected chi connectivity index (χ1v) is 6.71. The van der Waals surface area contributed by atoms with Gasteiger partial charge >= 0.3 is 6.03 Å². The van der Waals surface area contributed by atoms with E-state index in [1.165, 1.54) is 0 Å². The highest BCUT2D eigenvalue weighted by Crippen LogP contribution is 2.22. The fraction of sp³-hybridized carbons (Fsp3) is 0.133. The number of nitrogens with one attached hydrogen (secondary N) is 3. The molecule has 0 unspecified atom stereocenters. The van der Waals surface area contributed by atoms with Crippen molar-refractivity contribution >= 4 is 28.3 Å². The average molecular weight is 281 g/mol. The van der Waals surface area contributed by atoms with Gasteiger partial charge in [-0.2, -0.15) is 0 Å². The summed E-state index contributed by atoms with van der Waals surface area (Å²) in [5.41, 5.74) is 2.28. The van der Waals surface area contributed by atoms with Gasteiger partial charge in [0.1, 0.15) is 5.82 Å². The maximum atomic E-state index is 12.0. The molecule has 3 N–H and O–H groups in total. The van der Waals surface area contributed by atoms with Gasteiger partial charge in [0.15, 0.2) is 0 Å². The number of carbonyl (C=O) groups is 1. The lowest BCUT2D eigenvalue weighted by molar-refractivity contribution is 0.262. The van der Waals surface area contributed by atoms with Gasteiger partial charge < -0.3 is 15.6 Å². The number of aryl methyl sites for hydroxylation is 1. The number of aromatic nitrogens is 3. The third-order valence-electron chi connectivity index (χ3n) is 3.12. The van der Waals surface area contributed by atoms with E-state index in [2.05, 4.69) is 25.6 Å². The summed E-state index contributed by atoms with van der Waals surface area (Å²) in [7, 11) is 0. The van der Waals surface area contributed by atoms with E-state index in [0.717, 1.165) is 28.8 Å². The van der Waals surface area contributed by atoms with Gasteiger partial charge in [0.25, 0.3) is 0 Å². The Morgan fingerprint density at radius 2 is 2.00 bits per heavy atom. The third kappa shape index (κ3) is 2.84. The van der Waals surface area contributed by atoms with Crippen LogP contribution in [0.3, 0.4) is 0 Å². The Kier molecular flexibility index (Phi) is 3.51. The van der Waals surface area contributed by atoms with Gasteiger partial charge in [-0.1, -0.05) is 13.0 Å². The lowest BCUT2D eigenvalue weighted by Gasteiger charge is -2.08. The van der Waals surface area contributed by atoms with Gasteiger partial charge in [-0.15, -0.1) is 0 Å². The van der Waals surface area contributed by atoms with Gasteiger partial charge in [-0.05, 0) is 18.2 Å². The Morgan fingerprint density at radius 3 is 2.76 bits per heavy atom. The fourth-order valence-electron chi connectivity index (χ4n) is 2.08. The van der Waals surface area contributed by atoms with Crippen LogP contribution < -0.4 is 10.6 Å². The highest BCUT2D eigenvalue weighted by molar-refractivity contribution is 6.05. The van der Waals surface area contributed by atoms with E-state index in [-0.39, 0.29) is 6.03 Å². The number of H-pyrrole nitrogens is 1. The molecule has 2 aromatic heterocycles. The van der Waals surface area contributed by atoms with Gasteiger partial charge in [0.2, 0.25) is 0 Å². The molecule has 0 bridgehead atoms. The molecule has 0 aliphatic rings. The summed E-state index contributed by atoms with van der Waals surface area (Å²) in [4.78, 5) is 23.4. The first kappa shape index (κ1) is 13.1. The minimum Gasteiger partial charge on any atom is -0.361 e. The molecule has 2 heterocycles. The summed E-state index contributed by atoms with van der Waals surface area (Å²) >= 11 is 0. The van der Waals surface area contributed by atoms with Crippen molar-refractivity contribution in [2.75, 3.05) is 10.6 Å². The summed E-state index contributed by atoms with van der Waals surface area (Å²) in [5, 5.41) is 6.50. The third-order valence-corrected chi connectivity index (χ3v) is 3.12. The molecule has 3 rings (SSSR count). The number of fused-ring (bicyclic) bond motifs is 1. The van der Waals surface area contributed by atoms with Crippen molar-refractivity contribution in [2.24, 2.45) is 0 Å². The Bertz CT molecular complexity index is 763. The highest BCUT2D eigenvalue weighted by atomic mass is 16.2. The summed E-state index contributed by atoms with van der Waals surface area (Å²) in [6.07, 6.45) is 5.80. The molecular formula is C15H15N5O.